The summed E-state index contributed by atoms with van der Waals surface area (Å²) in [5.41, 5.74) is 2.30. The molecule has 66 valence electrons. The van der Waals surface area contributed by atoms with E-state index in [2.05, 4.69) is 25.9 Å². The van der Waals surface area contributed by atoms with E-state index in [9.17, 15) is 5.11 Å². The second-order valence-corrected chi connectivity index (χ2v) is 3.57. The van der Waals surface area contributed by atoms with Gasteiger partial charge in [0.2, 0.25) is 0 Å². The van der Waals surface area contributed by atoms with E-state index in [1.165, 1.54) is 0 Å². The Hall–Kier alpha value is -1.16. The lowest BCUT2D eigenvalue weighted by Crippen LogP contribution is -1.87. The van der Waals surface area contributed by atoms with Crippen molar-refractivity contribution in [2.45, 2.75) is 6.92 Å². The SMILES string of the molecule is Cc1cnc2ccc(O)c(Br)c2n1. The van der Waals surface area contributed by atoms with Crippen LogP contribution >= 0.6 is 15.9 Å². The molecule has 0 bridgehead atoms. The summed E-state index contributed by atoms with van der Waals surface area (Å²) in [6, 6.07) is 3.33. The molecule has 2 rings (SSSR count). The van der Waals surface area contributed by atoms with Crippen molar-refractivity contribution in [2.75, 3.05) is 0 Å². The first-order chi connectivity index (χ1) is 6.18. The van der Waals surface area contributed by atoms with Gasteiger partial charge in [-0.1, -0.05) is 0 Å². The van der Waals surface area contributed by atoms with Crippen molar-refractivity contribution in [3.63, 3.8) is 0 Å². The van der Waals surface area contributed by atoms with E-state index in [-0.39, 0.29) is 5.75 Å². The van der Waals surface area contributed by atoms with Gasteiger partial charge < -0.3 is 5.11 Å². The van der Waals surface area contributed by atoms with Gasteiger partial charge in [0.1, 0.15) is 11.3 Å². The quantitative estimate of drug-likeness (QED) is 0.767. The van der Waals surface area contributed by atoms with E-state index < -0.39 is 0 Å². The predicted molar refractivity (Wildman–Crippen MR) is 53.6 cm³/mol. The zero-order chi connectivity index (χ0) is 9.42. The summed E-state index contributed by atoms with van der Waals surface area (Å²) in [4.78, 5) is 8.45. The summed E-state index contributed by atoms with van der Waals surface area (Å²) in [6.45, 7) is 1.86. The number of aromatic nitrogens is 2. The van der Waals surface area contributed by atoms with Gasteiger partial charge in [0.25, 0.3) is 0 Å². The Morgan fingerprint density at radius 1 is 1.38 bits per heavy atom. The van der Waals surface area contributed by atoms with E-state index in [0.29, 0.717) is 9.99 Å². The number of benzene rings is 1. The highest BCUT2D eigenvalue weighted by atomic mass is 79.9. The Labute approximate surface area is 83.6 Å². The lowest BCUT2D eigenvalue weighted by atomic mass is 10.3. The number of aromatic hydroxyl groups is 1. The zero-order valence-electron chi connectivity index (χ0n) is 6.95. The first kappa shape index (κ1) is 8.44. The summed E-state index contributed by atoms with van der Waals surface area (Å²) in [5, 5.41) is 9.39. The number of phenolic OH excluding ortho intramolecular Hbond substituents is 1. The molecule has 0 radical (unpaired) electrons. The van der Waals surface area contributed by atoms with Crippen molar-refractivity contribution in [1.82, 2.24) is 9.97 Å². The van der Waals surface area contributed by atoms with Crippen LogP contribution in [0.5, 0.6) is 5.75 Å². The maximum Gasteiger partial charge on any atom is 0.132 e. The van der Waals surface area contributed by atoms with Crippen molar-refractivity contribution in [2.24, 2.45) is 0 Å². The number of hydrogen-bond acceptors (Lipinski definition) is 3. The molecule has 0 saturated heterocycles. The fourth-order valence-electron chi connectivity index (χ4n) is 1.12. The first-order valence-electron chi connectivity index (χ1n) is 3.79. The summed E-state index contributed by atoms with van der Waals surface area (Å²) in [7, 11) is 0. The lowest BCUT2D eigenvalue weighted by molar-refractivity contribution is 0.473. The molecular formula is C9H7BrN2O. The summed E-state index contributed by atoms with van der Waals surface area (Å²) in [6.07, 6.45) is 1.70. The summed E-state index contributed by atoms with van der Waals surface area (Å²) >= 11 is 3.26. The molecule has 0 amide bonds. The van der Waals surface area contributed by atoms with Crippen LogP contribution in [0.4, 0.5) is 0 Å². The van der Waals surface area contributed by atoms with Crippen LogP contribution in [0.25, 0.3) is 11.0 Å². The van der Waals surface area contributed by atoms with Crippen LogP contribution in [0.3, 0.4) is 0 Å². The molecule has 0 aliphatic carbocycles. The average molecular weight is 239 g/mol. The van der Waals surface area contributed by atoms with Crippen molar-refractivity contribution >= 4 is 27.0 Å². The van der Waals surface area contributed by atoms with Crippen LogP contribution in [-0.2, 0) is 0 Å². The maximum absolute atomic E-state index is 9.39. The minimum absolute atomic E-state index is 0.187. The number of aryl methyl sites for hydroxylation is 1. The third-order valence-electron chi connectivity index (χ3n) is 1.75. The highest BCUT2D eigenvalue weighted by Crippen LogP contribution is 2.29. The number of rotatable bonds is 0. The van der Waals surface area contributed by atoms with Crippen molar-refractivity contribution < 1.29 is 5.11 Å². The smallest absolute Gasteiger partial charge is 0.132 e. The topological polar surface area (TPSA) is 46.0 Å². The highest BCUT2D eigenvalue weighted by molar-refractivity contribution is 9.10. The van der Waals surface area contributed by atoms with Crippen LogP contribution in [-0.4, -0.2) is 15.1 Å². The number of fused-ring (bicyclic) bond motifs is 1. The van der Waals surface area contributed by atoms with Crippen molar-refractivity contribution in [1.29, 1.82) is 0 Å². The normalized spacial score (nSPS) is 10.6. The molecule has 0 fully saturated rings. The largest absolute Gasteiger partial charge is 0.507 e. The van der Waals surface area contributed by atoms with Crippen LogP contribution in [0.2, 0.25) is 0 Å². The minimum atomic E-state index is 0.187. The molecule has 1 N–H and O–H groups in total. The zero-order valence-corrected chi connectivity index (χ0v) is 8.54. The molecule has 0 saturated carbocycles. The van der Waals surface area contributed by atoms with Crippen molar-refractivity contribution in [3.8, 4) is 5.75 Å². The third kappa shape index (κ3) is 1.37. The molecule has 13 heavy (non-hydrogen) atoms. The lowest BCUT2D eigenvalue weighted by Gasteiger charge is -2.01. The van der Waals surface area contributed by atoms with E-state index in [0.717, 1.165) is 11.2 Å². The van der Waals surface area contributed by atoms with E-state index in [1.807, 2.05) is 6.92 Å². The molecule has 0 aliphatic heterocycles. The van der Waals surface area contributed by atoms with E-state index >= 15 is 0 Å². The summed E-state index contributed by atoms with van der Waals surface area (Å²) < 4.78 is 0.598. The van der Waals surface area contributed by atoms with Gasteiger partial charge in [0.15, 0.2) is 0 Å². The Balaban J connectivity index is 2.89. The molecule has 1 heterocycles. The number of hydrogen-bond donors (Lipinski definition) is 1. The van der Waals surface area contributed by atoms with Gasteiger partial charge in [0.05, 0.1) is 15.7 Å². The second kappa shape index (κ2) is 2.96. The minimum Gasteiger partial charge on any atom is -0.507 e. The molecule has 0 atom stereocenters. The molecule has 0 aliphatic rings. The molecular weight excluding hydrogens is 232 g/mol. The van der Waals surface area contributed by atoms with Gasteiger partial charge in [-0.25, -0.2) is 4.98 Å². The molecule has 0 unspecified atom stereocenters. The van der Waals surface area contributed by atoms with Crippen LogP contribution in [0.1, 0.15) is 5.69 Å². The molecule has 2 aromatic rings. The monoisotopic (exact) mass is 238 g/mol. The Morgan fingerprint density at radius 3 is 2.92 bits per heavy atom. The van der Waals surface area contributed by atoms with Crippen LogP contribution in [0.15, 0.2) is 22.8 Å². The fraction of sp³-hybridized carbons (Fsp3) is 0.111. The van der Waals surface area contributed by atoms with Gasteiger partial charge in [-0.2, -0.15) is 0 Å². The highest BCUT2D eigenvalue weighted by Gasteiger charge is 2.05. The first-order valence-corrected chi connectivity index (χ1v) is 4.58. The van der Waals surface area contributed by atoms with Gasteiger partial charge in [-0.3, -0.25) is 4.98 Å². The Morgan fingerprint density at radius 2 is 2.15 bits per heavy atom. The van der Waals surface area contributed by atoms with Gasteiger partial charge in [0, 0.05) is 6.20 Å². The molecule has 3 nitrogen and oxygen atoms in total. The van der Waals surface area contributed by atoms with Crippen LogP contribution < -0.4 is 0 Å². The molecule has 4 heteroatoms. The number of halogens is 1. The Bertz CT molecular complexity index is 465. The van der Waals surface area contributed by atoms with Gasteiger partial charge in [-0.15, -0.1) is 0 Å². The second-order valence-electron chi connectivity index (χ2n) is 2.78. The number of nitrogens with zero attached hydrogens (tertiary/aromatic N) is 2. The maximum atomic E-state index is 9.39. The average Bonchev–Trinajstić information content (AvgIpc) is 2.12. The predicted octanol–water partition coefficient (Wildman–Crippen LogP) is 2.41. The summed E-state index contributed by atoms with van der Waals surface area (Å²) in [5.74, 6) is 0.187. The molecule has 1 aromatic heterocycles. The standard InChI is InChI=1S/C9H7BrN2O/c1-5-4-11-6-2-3-7(13)8(10)9(6)12-5/h2-4,13H,1H3. The van der Waals surface area contributed by atoms with E-state index in [4.69, 9.17) is 0 Å². The van der Waals surface area contributed by atoms with Gasteiger partial charge in [-0.05, 0) is 35.0 Å². The fourth-order valence-corrected chi connectivity index (χ4v) is 1.55. The van der Waals surface area contributed by atoms with Crippen molar-refractivity contribution in [3.05, 3.63) is 28.5 Å². The van der Waals surface area contributed by atoms with Gasteiger partial charge >= 0.3 is 0 Å². The van der Waals surface area contributed by atoms with E-state index in [1.54, 1.807) is 18.3 Å². The molecule has 0 spiro atoms. The molecule has 1 aromatic carbocycles. The third-order valence-corrected chi connectivity index (χ3v) is 2.53. The van der Waals surface area contributed by atoms with Crippen LogP contribution in [0, 0.1) is 6.92 Å². The number of phenols is 1. The Kier molecular flexibility index (Phi) is 1.92.